The molecular weight excluding hydrogens is 107 g/mol. The summed E-state index contributed by atoms with van der Waals surface area (Å²) >= 11 is 0. The fourth-order valence-electron chi connectivity index (χ4n) is 0.143. The van der Waals surface area contributed by atoms with E-state index in [2.05, 4.69) is 9.05 Å². The molecule has 1 aliphatic heterocycles. The van der Waals surface area contributed by atoms with Crippen LogP contribution in [0.25, 0.3) is 0 Å². The van der Waals surface area contributed by atoms with Crippen LogP contribution in [-0.2, 0) is 13.6 Å². The van der Waals surface area contributed by atoms with Crippen LogP contribution in [0.15, 0.2) is 0 Å². The van der Waals surface area contributed by atoms with E-state index in [0.29, 0.717) is 0 Å². The van der Waals surface area contributed by atoms with E-state index in [0.717, 1.165) is 0 Å². The summed E-state index contributed by atoms with van der Waals surface area (Å²) in [5.41, 5.74) is 0. The van der Waals surface area contributed by atoms with Crippen LogP contribution in [0.5, 0.6) is 0 Å². The minimum atomic E-state index is -3.47. The molecule has 1 fully saturated rings. The summed E-state index contributed by atoms with van der Waals surface area (Å²) in [5.74, 6) is 0. The third-order valence-corrected chi connectivity index (χ3v) is 1.30. The Balaban J connectivity index is 2.53. The van der Waals surface area contributed by atoms with Crippen LogP contribution in [0.3, 0.4) is 0 Å². The van der Waals surface area contributed by atoms with E-state index in [-0.39, 0.29) is 6.79 Å². The highest BCUT2D eigenvalue weighted by Gasteiger charge is 2.30. The molecule has 36 valence electrons. The number of phosphoric acid groups is 1. The van der Waals surface area contributed by atoms with Crippen molar-refractivity contribution >= 4 is 7.82 Å². The van der Waals surface area contributed by atoms with E-state index >= 15 is 0 Å². The van der Waals surface area contributed by atoms with Gasteiger partial charge < -0.3 is 4.89 Å². The first-order chi connectivity index (χ1) is 2.71. The van der Waals surface area contributed by atoms with Crippen LogP contribution in [0.2, 0.25) is 0 Å². The molecule has 1 rings (SSSR count). The van der Waals surface area contributed by atoms with Gasteiger partial charge in [0, 0.05) is 0 Å². The minimum absolute atomic E-state index is 0.0478. The Morgan fingerprint density at radius 2 is 2.00 bits per heavy atom. The Labute approximate surface area is 34.3 Å². The summed E-state index contributed by atoms with van der Waals surface area (Å²) < 4.78 is 17.8. The lowest BCUT2D eigenvalue weighted by molar-refractivity contribution is -0.0265. The Kier molecular flexibility index (Phi) is 0.741. The molecule has 1 saturated heterocycles. The molecule has 1 heterocycles. The molecule has 0 aromatic carbocycles. The van der Waals surface area contributed by atoms with Gasteiger partial charge in [0.1, 0.15) is 0 Å². The molecule has 1 aliphatic rings. The summed E-state index contributed by atoms with van der Waals surface area (Å²) in [6.07, 6.45) is 0. The van der Waals surface area contributed by atoms with Crippen LogP contribution >= 0.6 is 7.82 Å². The Morgan fingerprint density at radius 1 is 1.67 bits per heavy atom. The number of hydrogen-bond donors (Lipinski definition) is 1. The van der Waals surface area contributed by atoms with Crippen molar-refractivity contribution in [2.75, 3.05) is 6.79 Å². The molecule has 6 heavy (non-hydrogen) atoms. The third kappa shape index (κ3) is 0.604. The first kappa shape index (κ1) is 4.27. The summed E-state index contributed by atoms with van der Waals surface area (Å²) in [6, 6.07) is 0. The van der Waals surface area contributed by atoms with Crippen molar-refractivity contribution in [3.8, 4) is 0 Å². The van der Waals surface area contributed by atoms with Crippen molar-refractivity contribution in [3.05, 3.63) is 0 Å². The zero-order valence-corrected chi connectivity index (χ0v) is 3.72. The van der Waals surface area contributed by atoms with Crippen LogP contribution < -0.4 is 0 Å². The van der Waals surface area contributed by atoms with Crippen molar-refractivity contribution < 1.29 is 18.5 Å². The van der Waals surface area contributed by atoms with Gasteiger partial charge >= 0.3 is 7.82 Å². The van der Waals surface area contributed by atoms with E-state index in [4.69, 9.17) is 4.89 Å². The predicted octanol–water partition coefficient (Wildman–Crippen LogP) is 0.0911. The molecule has 0 saturated carbocycles. The average Bonchev–Trinajstić information content (AvgIpc) is 1.32. The first-order valence-electron chi connectivity index (χ1n) is 1.33. The minimum Gasteiger partial charge on any atom is -0.302 e. The molecule has 0 bridgehead atoms. The highest BCUT2D eigenvalue weighted by atomic mass is 31.2. The normalized spacial score (nSPS) is 28.8. The SMILES string of the molecule is O=P1(O)OCO1. The van der Waals surface area contributed by atoms with Gasteiger partial charge in [0.15, 0.2) is 6.79 Å². The van der Waals surface area contributed by atoms with Crippen LogP contribution in [0, 0.1) is 0 Å². The second kappa shape index (κ2) is 1.04. The van der Waals surface area contributed by atoms with Crippen molar-refractivity contribution in [1.82, 2.24) is 0 Å². The second-order valence-corrected chi connectivity index (χ2v) is 2.30. The molecule has 0 radical (unpaired) electrons. The van der Waals surface area contributed by atoms with E-state index < -0.39 is 7.82 Å². The monoisotopic (exact) mass is 110 g/mol. The molecular formula is CH3O4P. The first-order valence-corrected chi connectivity index (χ1v) is 2.82. The molecule has 4 nitrogen and oxygen atoms in total. The molecule has 0 aromatic heterocycles. The number of phosphoric ester groups is 1. The lowest BCUT2D eigenvalue weighted by Crippen LogP contribution is -2.08. The Morgan fingerprint density at radius 3 is 2.00 bits per heavy atom. The summed E-state index contributed by atoms with van der Waals surface area (Å²) in [4.78, 5) is 8.02. The van der Waals surface area contributed by atoms with Crippen LogP contribution in [0.4, 0.5) is 0 Å². The summed E-state index contributed by atoms with van der Waals surface area (Å²) in [7, 11) is -3.47. The van der Waals surface area contributed by atoms with E-state index in [1.165, 1.54) is 0 Å². The zero-order valence-electron chi connectivity index (χ0n) is 2.83. The van der Waals surface area contributed by atoms with Gasteiger partial charge in [-0.3, -0.25) is 9.05 Å². The van der Waals surface area contributed by atoms with E-state index in [1.807, 2.05) is 0 Å². The quantitative estimate of drug-likeness (QED) is 0.449. The Bertz CT molecular complexity index is 89.7. The largest absolute Gasteiger partial charge is 0.476 e. The third-order valence-electron chi connectivity index (χ3n) is 0.432. The van der Waals surface area contributed by atoms with Crippen molar-refractivity contribution in [1.29, 1.82) is 0 Å². The van der Waals surface area contributed by atoms with Gasteiger partial charge in [-0.2, -0.15) is 0 Å². The van der Waals surface area contributed by atoms with Gasteiger partial charge in [0.05, 0.1) is 0 Å². The molecule has 0 spiro atoms. The van der Waals surface area contributed by atoms with Gasteiger partial charge in [-0.25, -0.2) is 4.57 Å². The predicted molar refractivity (Wildman–Crippen MR) is 16.9 cm³/mol. The Hall–Kier alpha value is 0.110. The molecule has 1 N–H and O–H groups in total. The summed E-state index contributed by atoms with van der Waals surface area (Å²) in [6.45, 7) is -0.0478. The smallest absolute Gasteiger partial charge is 0.302 e. The summed E-state index contributed by atoms with van der Waals surface area (Å²) in [5, 5.41) is 0. The average molecular weight is 110 g/mol. The molecule has 5 heteroatoms. The molecule has 0 aromatic rings. The van der Waals surface area contributed by atoms with Crippen LogP contribution in [0.1, 0.15) is 0 Å². The van der Waals surface area contributed by atoms with Gasteiger partial charge in [-0.05, 0) is 0 Å². The maximum Gasteiger partial charge on any atom is 0.476 e. The standard InChI is InChI=1S/CH3O4P/c2-6(3)4-1-5-6/h1H2,(H,2,3). The van der Waals surface area contributed by atoms with Crippen molar-refractivity contribution in [2.45, 2.75) is 0 Å². The topological polar surface area (TPSA) is 55.8 Å². The second-order valence-electron chi connectivity index (χ2n) is 0.845. The number of hydrogen-bond acceptors (Lipinski definition) is 3. The van der Waals surface area contributed by atoms with Crippen molar-refractivity contribution in [3.63, 3.8) is 0 Å². The molecule has 0 unspecified atom stereocenters. The highest BCUT2D eigenvalue weighted by Crippen LogP contribution is 2.50. The van der Waals surface area contributed by atoms with Gasteiger partial charge in [-0.1, -0.05) is 0 Å². The zero-order chi connectivity index (χ0) is 4.62. The number of rotatable bonds is 0. The van der Waals surface area contributed by atoms with Crippen LogP contribution in [-0.4, -0.2) is 11.7 Å². The maximum absolute atomic E-state index is 9.78. The lowest BCUT2D eigenvalue weighted by Gasteiger charge is -2.18. The fraction of sp³-hybridized carbons (Fsp3) is 1.00. The maximum atomic E-state index is 9.78. The van der Waals surface area contributed by atoms with E-state index in [9.17, 15) is 4.57 Å². The molecule has 0 atom stereocenters. The van der Waals surface area contributed by atoms with Gasteiger partial charge in [-0.15, -0.1) is 0 Å². The molecule has 0 amide bonds. The van der Waals surface area contributed by atoms with Gasteiger partial charge in [0.25, 0.3) is 0 Å². The van der Waals surface area contributed by atoms with Crippen molar-refractivity contribution in [2.24, 2.45) is 0 Å². The van der Waals surface area contributed by atoms with E-state index in [1.54, 1.807) is 0 Å². The highest BCUT2D eigenvalue weighted by molar-refractivity contribution is 7.48. The van der Waals surface area contributed by atoms with Gasteiger partial charge in [0.2, 0.25) is 0 Å². The fourth-order valence-corrected chi connectivity index (χ4v) is 0.429. The molecule has 0 aliphatic carbocycles. The lowest BCUT2D eigenvalue weighted by atomic mass is 11.6.